The quantitative estimate of drug-likeness (QED) is 0.107. The van der Waals surface area contributed by atoms with Gasteiger partial charge in [-0.1, -0.05) is 186 Å². The third-order valence-corrected chi connectivity index (χ3v) is 13.6. The van der Waals surface area contributed by atoms with Crippen molar-refractivity contribution in [2.24, 2.45) is 0 Å². The predicted molar refractivity (Wildman–Crippen MR) is 313 cm³/mol. The van der Waals surface area contributed by atoms with Crippen LogP contribution in [0, 0.1) is 39.0 Å². The molecule has 0 aliphatic rings. The van der Waals surface area contributed by atoms with Gasteiger partial charge in [-0.2, -0.15) is 18.2 Å². The van der Waals surface area contributed by atoms with Gasteiger partial charge in [0.15, 0.2) is 0 Å². The molecule has 9 aromatic carbocycles. The summed E-state index contributed by atoms with van der Waals surface area (Å²) >= 11 is 0. The van der Waals surface area contributed by atoms with Gasteiger partial charge in [0.2, 0.25) is 0 Å². The number of hydrogen-bond donors (Lipinski definition) is 0. The van der Waals surface area contributed by atoms with Crippen LogP contribution >= 0.6 is 0 Å². The van der Waals surface area contributed by atoms with Crippen LogP contribution in [-0.2, 0) is 31.9 Å². The van der Waals surface area contributed by atoms with E-state index in [1.54, 1.807) is 51.6 Å². The van der Waals surface area contributed by atoms with Gasteiger partial charge in [0, 0.05) is 62.2 Å². The molecular formula is C71H60N4OPt-2. The Morgan fingerprint density at radius 3 is 2.01 bits per heavy atom. The molecule has 5 nitrogen and oxygen atoms in total. The van der Waals surface area contributed by atoms with Crippen LogP contribution in [0.5, 0.6) is 11.5 Å². The minimum atomic E-state index is -2.85. The summed E-state index contributed by atoms with van der Waals surface area (Å²) in [6.45, 7) is 3.95. The molecule has 77 heavy (non-hydrogen) atoms. The minimum absolute atomic E-state index is 0. The first kappa shape index (κ1) is 33.1. The molecule has 0 radical (unpaired) electrons. The Labute approximate surface area is 494 Å². The maximum atomic E-state index is 9.17. The largest absolute Gasteiger partial charge is 0.510 e. The van der Waals surface area contributed by atoms with Crippen molar-refractivity contribution in [2.45, 2.75) is 72.9 Å². The van der Waals surface area contributed by atoms with Gasteiger partial charge in [-0.05, 0) is 133 Å². The van der Waals surface area contributed by atoms with Crippen molar-refractivity contribution in [1.82, 2.24) is 14.1 Å². The first-order valence-corrected chi connectivity index (χ1v) is 24.7. The van der Waals surface area contributed by atoms with Gasteiger partial charge in [0.1, 0.15) is 5.82 Å². The molecule has 0 unspecified atom stereocenters. The summed E-state index contributed by atoms with van der Waals surface area (Å²) in [6, 6.07) is 39.9. The van der Waals surface area contributed by atoms with Crippen molar-refractivity contribution in [3.63, 3.8) is 0 Å². The molecule has 0 saturated carbocycles. The summed E-state index contributed by atoms with van der Waals surface area (Å²) < 4.78 is 176. The molecule has 0 spiro atoms. The second-order valence-corrected chi connectivity index (χ2v) is 20.7. The Morgan fingerprint density at radius 2 is 1.27 bits per heavy atom. The van der Waals surface area contributed by atoms with Crippen molar-refractivity contribution >= 4 is 32.8 Å². The average molecular weight is 1200 g/mol. The summed E-state index contributed by atoms with van der Waals surface area (Å²) in [6.07, 6.45) is 4.83. The Balaban J connectivity index is 0.00000936. The number of aryl methyl sites for hydroxylation is 3. The predicted octanol–water partition coefficient (Wildman–Crippen LogP) is 17.8. The molecule has 0 saturated heterocycles. The van der Waals surface area contributed by atoms with E-state index in [-0.39, 0.29) is 100 Å². The van der Waals surface area contributed by atoms with E-state index in [1.165, 1.54) is 30.5 Å². The molecule has 382 valence electrons. The Morgan fingerprint density at radius 1 is 0.558 bits per heavy atom. The van der Waals surface area contributed by atoms with Crippen LogP contribution in [0.25, 0.3) is 94.5 Å². The number of para-hydroxylation sites is 1. The third-order valence-electron chi connectivity index (χ3n) is 13.6. The summed E-state index contributed by atoms with van der Waals surface area (Å²) in [4.78, 5) is 4.70. The number of hydrogen-bond acceptors (Lipinski definition) is 2. The molecule has 0 aliphatic heterocycles. The van der Waals surface area contributed by atoms with Crippen molar-refractivity contribution < 1.29 is 56.4 Å². The third kappa shape index (κ3) is 9.53. The molecule has 0 aliphatic carbocycles. The van der Waals surface area contributed by atoms with Gasteiger partial charge in [0.25, 0.3) is 6.33 Å². The fourth-order valence-electron chi connectivity index (χ4n) is 9.90. The van der Waals surface area contributed by atoms with Crippen LogP contribution in [0.1, 0.15) is 95.4 Å². The van der Waals surface area contributed by atoms with Crippen molar-refractivity contribution in [3.05, 3.63) is 246 Å². The van der Waals surface area contributed by atoms with E-state index >= 15 is 0 Å². The number of ether oxygens (including phenoxy) is 1. The molecule has 0 fully saturated rings. The molecule has 12 rings (SSSR count). The van der Waals surface area contributed by atoms with Crippen molar-refractivity contribution in [1.29, 1.82) is 0 Å². The topological polar surface area (TPSA) is 35.9 Å². The van der Waals surface area contributed by atoms with Crippen molar-refractivity contribution in [2.75, 3.05) is 0 Å². The molecule has 3 aromatic heterocycles. The second kappa shape index (κ2) is 20.1. The van der Waals surface area contributed by atoms with Crippen LogP contribution in [0.3, 0.4) is 0 Å². The van der Waals surface area contributed by atoms with E-state index < -0.39 is 74.3 Å². The zero-order valence-corrected chi connectivity index (χ0v) is 45.1. The van der Waals surface area contributed by atoms with Crippen LogP contribution in [0.15, 0.2) is 200 Å². The van der Waals surface area contributed by atoms with Gasteiger partial charge < -0.3 is 13.9 Å². The molecule has 0 bridgehead atoms. The maximum absolute atomic E-state index is 9.17. The molecule has 0 atom stereocenters. The fourth-order valence-corrected chi connectivity index (χ4v) is 9.90. The smallest absolute Gasteiger partial charge is 0.268 e. The zero-order valence-electron chi connectivity index (χ0n) is 61.8. The van der Waals surface area contributed by atoms with E-state index in [2.05, 4.69) is 45.3 Å². The zero-order chi connectivity index (χ0) is 68.7. The molecule has 12 aromatic rings. The SMILES string of the molecule is [2H]c1c([2H])c([2H])c(-c2cc(-c3cccc(C(C)(C)C)c3)c(-[n+]3[c-]n(-c4[c-]c(Oc5[c-]c6c(cc5)c5ccccc5n6-c5cc(C([2H])([2H])[2H])c(-c6c([2H])c([2H])c([2H])c([2H])c6[2H])cn5)ccc4)c4cc(-c5c(C([2H])([2H])[2H])cccc5C([2H])([2H])[2H])ccc43)c(C(C)(C)C)c2)c([2H])c1[2H].[Pt]. The number of rotatable bonds is 9. The first-order chi connectivity index (χ1) is 44.4. The molecule has 6 heteroatoms. The minimum Gasteiger partial charge on any atom is -0.510 e. The van der Waals surface area contributed by atoms with Crippen LogP contribution in [0.4, 0.5) is 0 Å². The van der Waals surface area contributed by atoms with Crippen molar-refractivity contribution in [3.8, 4) is 73.2 Å². The maximum Gasteiger partial charge on any atom is 0.268 e. The molecule has 0 N–H and O–H groups in total. The first-order valence-electron chi connectivity index (χ1n) is 34.2. The Bertz CT molecular complexity index is 5080. The van der Waals surface area contributed by atoms with E-state index in [0.29, 0.717) is 55.5 Å². The summed E-state index contributed by atoms with van der Waals surface area (Å²) in [5.74, 6) is 0.494. The van der Waals surface area contributed by atoms with Gasteiger partial charge >= 0.3 is 0 Å². The normalized spacial score (nSPS) is 15.9. The van der Waals surface area contributed by atoms with E-state index in [9.17, 15) is 2.74 Å². The molecular weight excluding hydrogens is 1120 g/mol. The average Bonchev–Trinajstić information content (AvgIpc) is 1.46. The molecule has 3 heterocycles. The van der Waals surface area contributed by atoms with E-state index in [0.717, 1.165) is 16.5 Å². The second-order valence-electron chi connectivity index (χ2n) is 20.7. The van der Waals surface area contributed by atoms with Crippen LogP contribution < -0.4 is 9.30 Å². The van der Waals surface area contributed by atoms with E-state index in [4.69, 9.17) is 33.0 Å². The standard InChI is InChI=1S/C71H60N4O.Pt/c1-46-21-18-22-47(2)68(46)52-33-36-64-66(41-52)73(45-74(64)69-60(51-27-19-28-54(38-51)70(4,5)6)39-53(40-62(69)71(7,8)9)49-23-12-10-13-24-49)55-29-20-30-56(42-55)76-57-34-35-59-58-31-16-17-32-63(58)75(65(59)43-57)67-37-48(3)61(44-72-67)50-25-14-11-15-26-50;/h10-41,44H,1-9H3;/q-2;/i1D3,2D3,3D3,10D,11D,12D,13D,14D,15D,23D,24D,25D,26D;. The fraction of sp³-hybridized carbons (Fsp3) is 0.155. The number of fused-ring (bicyclic) bond motifs is 4. The number of nitrogens with zero attached hydrogens (tertiary/aromatic N) is 4. The Kier molecular flexibility index (Phi) is 8.65. The van der Waals surface area contributed by atoms with Gasteiger partial charge in [0.05, 0.1) is 30.4 Å². The number of benzene rings is 9. The number of imidazole rings is 1. The summed E-state index contributed by atoms with van der Waals surface area (Å²) in [7, 11) is 0. The Hall–Kier alpha value is -8.11. The summed E-state index contributed by atoms with van der Waals surface area (Å²) in [5, 5.41) is 1.44. The van der Waals surface area contributed by atoms with E-state index in [1.807, 2.05) is 86.0 Å². The van der Waals surface area contributed by atoms with Crippen LogP contribution in [-0.4, -0.2) is 14.1 Å². The number of pyridine rings is 1. The van der Waals surface area contributed by atoms with Gasteiger partial charge in [-0.15, -0.1) is 29.7 Å². The molecule has 0 amide bonds. The number of aromatic nitrogens is 4. The monoisotopic (exact) mass is 1200 g/mol. The van der Waals surface area contributed by atoms with Gasteiger partial charge in [-0.25, -0.2) is 4.98 Å². The van der Waals surface area contributed by atoms with Crippen LogP contribution in [0.2, 0.25) is 0 Å². The summed E-state index contributed by atoms with van der Waals surface area (Å²) in [5.41, 5.74) is 4.35. The van der Waals surface area contributed by atoms with Gasteiger partial charge in [-0.3, -0.25) is 4.57 Å².